The lowest BCUT2D eigenvalue weighted by molar-refractivity contribution is -0.168. The predicted octanol–water partition coefficient (Wildman–Crippen LogP) is 5.33. The van der Waals surface area contributed by atoms with Crippen molar-refractivity contribution >= 4 is 11.9 Å². The number of allylic oxidation sites excluding steroid dienone is 1. The largest absolute Gasteiger partial charge is 0.460 e. The second-order valence-corrected chi connectivity index (χ2v) is 8.25. The van der Waals surface area contributed by atoms with E-state index < -0.39 is 17.9 Å². The van der Waals surface area contributed by atoms with Crippen LogP contribution in [0.25, 0.3) is 0 Å². The van der Waals surface area contributed by atoms with Crippen molar-refractivity contribution in [1.82, 2.24) is 0 Å². The maximum Gasteiger partial charge on any atom is 0.320 e. The van der Waals surface area contributed by atoms with Gasteiger partial charge in [-0.15, -0.1) is 0 Å². The number of carbonyl (C=O) groups excluding carboxylic acids is 2. The van der Waals surface area contributed by atoms with Crippen molar-refractivity contribution in [3.63, 3.8) is 0 Å². The Balaban J connectivity index is 1.77. The molecule has 1 unspecified atom stereocenters. The molecule has 2 aromatic carbocycles. The lowest BCUT2D eigenvalue weighted by atomic mass is 9.77. The van der Waals surface area contributed by atoms with Gasteiger partial charge in [0.15, 0.2) is 5.92 Å². The fourth-order valence-corrected chi connectivity index (χ4v) is 4.41. The third-order valence-electron chi connectivity index (χ3n) is 6.03. The molecule has 0 aromatic heterocycles. The molecule has 3 atom stereocenters. The molecule has 0 aliphatic heterocycles. The Bertz CT molecular complexity index is 804. The topological polar surface area (TPSA) is 52.6 Å². The van der Waals surface area contributed by atoms with Crippen LogP contribution < -0.4 is 0 Å². The molecule has 158 valence electrons. The summed E-state index contributed by atoms with van der Waals surface area (Å²) in [4.78, 5) is 26.2. The quantitative estimate of drug-likeness (QED) is 0.338. The lowest BCUT2D eigenvalue weighted by Crippen LogP contribution is -2.38. The molecule has 0 radical (unpaired) electrons. The van der Waals surface area contributed by atoms with E-state index in [1.165, 1.54) is 0 Å². The number of hydrogen-bond acceptors (Lipinski definition) is 4. The van der Waals surface area contributed by atoms with Gasteiger partial charge in [-0.3, -0.25) is 9.59 Å². The molecule has 30 heavy (non-hydrogen) atoms. The Hall–Kier alpha value is -2.88. The van der Waals surface area contributed by atoms with E-state index in [1.54, 1.807) is 0 Å². The third kappa shape index (κ3) is 5.38. The maximum absolute atomic E-state index is 13.1. The van der Waals surface area contributed by atoms with Gasteiger partial charge < -0.3 is 9.47 Å². The first-order valence-electron chi connectivity index (χ1n) is 10.5. The Morgan fingerprint density at radius 3 is 1.80 bits per heavy atom. The van der Waals surface area contributed by atoms with Gasteiger partial charge in [0.2, 0.25) is 0 Å². The van der Waals surface area contributed by atoms with E-state index >= 15 is 0 Å². The van der Waals surface area contributed by atoms with Crippen LogP contribution in [0.1, 0.15) is 37.8 Å². The number of esters is 2. The molecule has 1 saturated carbocycles. The van der Waals surface area contributed by atoms with Gasteiger partial charge in [0.1, 0.15) is 13.2 Å². The molecule has 1 aliphatic rings. The molecule has 3 rings (SSSR count). The van der Waals surface area contributed by atoms with Gasteiger partial charge in [0.05, 0.1) is 0 Å². The molecule has 0 heterocycles. The minimum Gasteiger partial charge on any atom is -0.460 e. The normalized spacial score (nSPS) is 20.7. The average molecular weight is 407 g/mol. The van der Waals surface area contributed by atoms with Gasteiger partial charge in [-0.05, 0) is 48.6 Å². The second-order valence-electron chi connectivity index (χ2n) is 8.25. The molecular formula is C26H30O4. The zero-order valence-electron chi connectivity index (χ0n) is 17.8. The molecule has 0 spiro atoms. The number of hydrogen-bond donors (Lipinski definition) is 0. The Morgan fingerprint density at radius 1 is 0.900 bits per heavy atom. The Morgan fingerprint density at radius 2 is 1.37 bits per heavy atom. The number of carbonyl (C=O) groups is 2. The van der Waals surface area contributed by atoms with Crippen LogP contribution in [-0.4, -0.2) is 11.9 Å². The Labute approximate surface area is 178 Å². The van der Waals surface area contributed by atoms with Crippen LogP contribution >= 0.6 is 0 Å². The van der Waals surface area contributed by atoms with E-state index in [2.05, 4.69) is 13.5 Å². The van der Waals surface area contributed by atoms with Gasteiger partial charge in [-0.25, -0.2) is 0 Å². The molecule has 2 aromatic rings. The SMILES string of the molecule is C=C(C)[C@H]1CCC(C)[C@@H]1C(C(=O)OCc1ccccc1)C(=O)OCc1ccccc1. The number of ether oxygens (including phenoxy) is 2. The molecule has 1 fully saturated rings. The number of benzene rings is 2. The van der Waals surface area contributed by atoms with E-state index in [-0.39, 0.29) is 31.0 Å². The van der Waals surface area contributed by atoms with Crippen molar-refractivity contribution in [3.8, 4) is 0 Å². The van der Waals surface area contributed by atoms with Crippen LogP contribution in [0, 0.1) is 23.7 Å². The first-order valence-corrected chi connectivity index (χ1v) is 10.5. The van der Waals surface area contributed by atoms with Crippen molar-refractivity contribution < 1.29 is 19.1 Å². The molecule has 1 aliphatic carbocycles. The van der Waals surface area contributed by atoms with E-state index in [1.807, 2.05) is 67.6 Å². The third-order valence-corrected chi connectivity index (χ3v) is 6.03. The van der Waals surface area contributed by atoms with Crippen LogP contribution in [0.3, 0.4) is 0 Å². The minimum absolute atomic E-state index is 0.110. The van der Waals surface area contributed by atoms with Crippen LogP contribution in [-0.2, 0) is 32.3 Å². The van der Waals surface area contributed by atoms with Crippen molar-refractivity contribution in [2.24, 2.45) is 23.7 Å². The summed E-state index contributed by atoms with van der Waals surface area (Å²) in [6, 6.07) is 19.0. The standard InChI is InChI=1S/C26H30O4/c1-18(2)22-15-14-19(3)23(22)24(25(27)29-16-20-10-6-4-7-11-20)26(28)30-17-21-12-8-5-9-13-21/h4-13,19,22-24H,1,14-17H2,2-3H3/t19?,22-,23+/m1/s1. The van der Waals surface area contributed by atoms with Gasteiger partial charge in [-0.1, -0.05) is 79.7 Å². The van der Waals surface area contributed by atoms with Crippen molar-refractivity contribution in [1.29, 1.82) is 0 Å². The van der Waals surface area contributed by atoms with Gasteiger partial charge in [0, 0.05) is 0 Å². The summed E-state index contributed by atoms with van der Waals surface area (Å²) in [5.74, 6) is -1.81. The van der Waals surface area contributed by atoms with Crippen molar-refractivity contribution in [2.75, 3.05) is 0 Å². The summed E-state index contributed by atoms with van der Waals surface area (Å²) in [5, 5.41) is 0. The van der Waals surface area contributed by atoms with Crippen LogP contribution in [0.15, 0.2) is 72.8 Å². The monoisotopic (exact) mass is 406 g/mol. The van der Waals surface area contributed by atoms with E-state index in [0.29, 0.717) is 0 Å². The zero-order chi connectivity index (χ0) is 21.5. The first-order chi connectivity index (χ1) is 14.5. The summed E-state index contributed by atoms with van der Waals surface area (Å²) >= 11 is 0. The summed E-state index contributed by atoms with van der Waals surface area (Å²) in [6.45, 7) is 8.45. The Kier molecular flexibility index (Phi) is 7.45. The highest BCUT2D eigenvalue weighted by Crippen LogP contribution is 2.45. The lowest BCUT2D eigenvalue weighted by Gasteiger charge is -2.29. The van der Waals surface area contributed by atoms with E-state index in [0.717, 1.165) is 29.5 Å². The second kappa shape index (κ2) is 10.2. The van der Waals surface area contributed by atoms with Gasteiger partial charge in [0.25, 0.3) is 0 Å². The first kappa shape index (κ1) is 21.8. The van der Waals surface area contributed by atoms with Crippen LogP contribution in [0.2, 0.25) is 0 Å². The number of rotatable bonds is 8. The van der Waals surface area contributed by atoms with E-state index in [4.69, 9.17) is 9.47 Å². The van der Waals surface area contributed by atoms with Gasteiger partial charge in [-0.2, -0.15) is 0 Å². The fraction of sp³-hybridized carbons (Fsp3) is 0.385. The molecule has 4 nitrogen and oxygen atoms in total. The minimum atomic E-state index is -0.948. The highest BCUT2D eigenvalue weighted by molar-refractivity contribution is 5.95. The highest BCUT2D eigenvalue weighted by atomic mass is 16.6. The summed E-state index contributed by atoms with van der Waals surface area (Å²) < 4.78 is 11.2. The molecule has 0 amide bonds. The summed E-state index contributed by atoms with van der Waals surface area (Å²) in [7, 11) is 0. The summed E-state index contributed by atoms with van der Waals surface area (Å²) in [5.41, 5.74) is 2.78. The molecule has 0 saturated heterocycles. The van der Waals surface area contributed by atoms with Crippen molar-refractivity contribution in [2.45, 2.75) is 39.9 Å². The highest BCUT2D eigenvalue weighted by Gasteiger charge is 2.47. The average Bonchev–Trinajstić information content (AvgIpc) is 3.14. The smallest absolute Gasteiger partial charge is 0.320 e. The zero-order valence-corrected chi connectivity index (χ0v) is 17.8. The van der Waals surface area contributed by atoms with Crippen LogP contribution in [0.5, 0.6) is 0 Å². The molecule has 4 heteroatoms. The molecule has 0 bridgehead atoms. The fourth-order valence-electron chi connectivity index (χ4n) is 4.41. The van der Waals surface area contributed by atoms with Crippen LogP contribution in [0.4, 0.5) is 0 Å². The molecular weight excluding hydrogens is 376 g/mol. The van der Waals surface area contributed by atoms with Crippen molar-refractivity contribution in [3.05, 3.63) is 83.9 Å². The predicted molar refractivity (Wildman–Crippen MR) is 116 cm³/mol. The molecule has 0 N–H and O–H groups in total. The van der Waals surface area contributed by atoms with Gasteiger partial charge >= 0.3 is 11.9 Å². The summed E-state index contributed by atoms with van der Waals surface area (Å²) in [6.07, 6.45) is 1.88. The van der Waals surface area contributed by atoms with E-state index in [9.17, 15) is 9.59 Å². The maximum atomic E-state index is 13.1.